The molecule has 1 aromatic heterocycles. The average Bonchev–Trinajstić information content (AvgIpc) is 2.62. The van der Waals surface area contributed by atoms with Crippen molar-refractivity contribution >= 4 is 11.5 Å². The summed E-state index contributed by atoms with van der Waals surface area (Å²) >= 11 is 0. The fourth-order valence-corrected chi connectivity index (χ4v) is 3.23. The Morgan fingerprint density at radius 3 is 2.46 bits per heavy atom. The number of piperidine rings is 1. The third kappa shape index (κ3) is 4.60. The first-order valence-electron chi connectivity index (χ1n) is 8.56. The Balaban J connectivity index is 1.61. The molecule has 0 bridgehead atoms. The van der Waals surface area contributed by atoms with Gasteiger partial charge in [-0.05, 0) is 50.2 Å². The molecule has 1 aromatic carbocycles. The molecule has 0 amide bonds. The summed E-state index contributed by atoms with van der Waals surface area (Å²) in [5, 5.41) is 0. The maximum absolute atomic E-state index is 13.0. The molecule has 1 aliphatic heterocycles. The van der Waals surface area contributed by atoms with E-state index in [0.717, 1.165) is 37.7 Å². The second kappa shape index (κ2) is 7.86. The average molecular weight is 362 g/mol. The first-order chi connectivity index (χ1) is 12.4. The summed E-state index contributed by atoms with van der Waals surface area (Å²) in [5.74, 6) is 0.606. The van der Waals surface area contributed by atoms with E-state index in [1.165, 1.54) is 18.2 Å². The molecule has 0 radical (unpaired) electrons. The van der Waals surface area contributed by atoms with Crippen LogP contribution < -0.4 is 5.73 Å². The Hall–Kier alpha value is -2.41. The molecule has 1 aliphatic rings. The van der Waals surface area contributed by atoms with Crippen molar-refractivity contribution in [1.82, 2.24) is 9.88 Å². The molecule has 1 fully saturated rings. The van der Waals surface area contributed by atoms with E-state index in [4.69, 9.17) is 5.73 Å². The first kappa shape index (κ1) is 18.4. The van der Waals surface area contributed by atoms with Gasteiger partial charge in [-0.15, -0.1) is 0 Å². The van der Waals surface area contributed by atoms with Gasteiger partial charge >= 0.3 is 6.18 Å². The molecule has 0 spiro atoms. The summed E-state index contributed by atoms with van der Waals surface area (Å²) in [5.41, 5.74) is 6.11. The van der Waals surface area contributed by atoms with Crippen molar-refractivity contribution in [2.24, 2.45) is 10.7 Å². The molecule has 1 saturated heterocycles. The maximum atomic E-state index is 13.0. The highest BCUT2D eigenvalue weighted by Gasteiger charge is 2.33. The second-order valence-corrected chi connectivity index (χ2v) is 6.42. The Kier molecular flexibility index (Phi) is 5.56. The van der Waals surface area contributed by atoms with E-state index in [1.54, 1.807) is 6.20 Å². The van der Waals surface area contributed by atoms with E-state index in [2.05, 4.69) is 14.9 Å². The zero-order valence-corrected chi connectivity index (χ0v) is 14.3. The Morgan fingerprint density at radius 2 is 1.81 bits per heavy atom. The van der Waals surface area contributed by atoms with E-state index in [1.807, 2.05) is 18.2 Å². The molecule has 0 aliphatic carbocycles. The van der Waals surface area contributed by atoms with Gasteiger partial charge < -0.3 is 5.73 Å². The SMILES string of the molecule is NC(CN1CCC(c2ccccn2)CC1)=Nc1ccccc1C(F)(F)F. The second-order valence-electron chi connectivity index (χ2n) is 6.42. The number of rotatable bonds is 4. The normalized spacial score (nSPS) is 17.4. The minimum Gasteiger partial charge on any atom is -0.386 e. The molecule has 2 aromatic rings. The molecule has 2 N–H and O–H groups in total. The van der Waals surface area contributed by atoms with Crippen LogP contribution in [0.1, 0.15) is 30.0 Å². The largest absolute Gasteiger partial charge is 0.418 e. The molecule has 26 heavy (non-hydrogen) atoms. The predicted octanol–water partition coefficient (Wildman–Crippen LogP) is 3.97. The summed E-state index contributed by atoms with van der Waals surface area (Å²) < 4.78 is 39.1. The van der Waals surface area contributed by atoms with Gasteiger partial charge in [0.15, 0.2) is 0 Å². The van der Waals surface area contributed by atoms with Crippen LogP contribution >= 0.6 is 0 Å². The molecule has 4 nitrogen and oxygen atoms in total. The zero-order valence-electron chi connectivity index (χ0n) is 14.3. The number of amidine groups is 1. The lowest BCUT2D eigenvalue weighted by atomic mass is 9.93. The monoisotopic (exact) mass is 362 g/mol. The van der Waals surface area contributed by atoms with E-state index < -0.39 is 11.7 Å². The van der Waals surface area contributed by atoms with Crippen LogP contribution in [-0.2, 0) is 6.18 Å². The highest BCUT2D eigenvalue weighted by atomic mass is 19.4. The fourth-order valence-electron chi connectivity index (χ4n) is 3.23. The van der Waals surface area contributed by atoms with Crippen LogP contribution in [0.2, 0.25) is 0 Å². The number of aromatic nitrogens is 1. The summed E-state index contributed by atoms with van der Waals surface area (Å²) in [6.07, 6.45) is -0.751. The number of nitrogens with two attached hydrogens (primary N) is 1. The van der Waals surface area contributed by atoms with Gasteiger partial charge in [-0.2, -0.15) is 13.2 Å². The number of alkyl halides is 3. The van der Waals surface area contributed by atoms with Crippen LogP contribution in [0.4, 0.5) is 18.9 Å². The number of hydrogen-bond acceptors (Lipinski definition) is 3. The summed E-state index contributed by atoms with van der Waals surface area (Å²) in [4.78, 5) is 10.5. The quantitative estimate of drug-likeness (QED) is 0.661. The van der Waals surface area contributed by atoms with Crippen molar-refractivity contribution in [3.63, 3.8) is 0 Å². The van der Waals surface area contributed by atoms with Crippen LogP contribution in [0, 0.1) is 0 Å². The van der Waals surface area contributed by atoms with E-state index in [9.17, 15) is 13.2 Å². The summed E-state index contributed by atoms with van der Waals surface area (Å²) in [6, 6.07) is 11.1. The van der Waals surface area contributed by atoms with Crippen molar-refractivity contribution in [2.45, 2.75) is 24.9 Å². The molecule has 0 atom stereocenters. The lowest BCUT2D eigenvalue weighted by Crippen LogP contribution is -2.39. The molecular formula is C19H21F3N4. The highest BCUT2D eigenvalue weighted by Crippen LogP contribution is 2.36. The Labute approximate surface area is 150 Å². The Morgan fingerprint density at radius 1 is 1.12 bits per heavy atom. The van der Waals surface area contributed by atoms with Crippen LogP contribution in [0.25, 0.3) is 0 Å². The number of pyridine rings is 1. The summed E-state index contributed by atoms with van der Waals surface area (Å²) in [7, 11) is 0. The van der Waals surface area contributed by atoms with E-state index in [0.29, 0.717) is 12.5 Å². The van der Waals surface area contributed by atoms with Crippen molar-refractivity contribution in [1.29, 1.82) is 0 Å². The number of aliphatic imine (C=N–C) groups is 1. The van der Waals surface area contributed by atoms with Gasteiger partial charge in [0, 0.05) is 17.8 Å². The van der Waals surface area contributed by atoms with Gasteiger partial charge in [0.05, 0.1) is 17.8 Å². The van der Waals surface area contributed by atoms with Crippen molar-refractivity contribution in [3.8, 4) is 0 Å². The maximum Gasteiger partial charge on any atom is 0.418 e. The molecule has 7 heteroatoms. The number of halogens is 3. The van der Waals surface area contributed by atoms with Gasteiger partial charge in [-0.25, -0.2) is 4.99 Å². The number of hydrogen-bond donors (Lipinski definition) is 1. The van der Waals surface area contributed by atoms with Crippen molar-refractivity contribution in [2.75, 3.05) is 19.6 Å². The molecule has 3 rings (SSSR count). The standard InChI is InChI=1S/C19H21F3N4/c20-19(21,22)15-5-1-2-7-17(15)25-18(23)13-26-11-8-14(9-12-26)16-6-3-4-10-24-16/h1-7,10,14H,8-9,11-13H2,(H2,23,25). The molecule has 0 saturated carbocycles. The van der Waals surface area contributed by atoms with Gasteiger partial charge in [-0.3, -0.25) is 9.88 Å². The fraction of sp³-hybridized carbons (Fsp3) is 0.368. The zero-order chi connectivity index (χ0) is 18.6. The molecular weight excluding hydrogens is 341 g/mol. The minimum atomic E-state index is -4.44. The van der Waals surface area contributed by atoms with Gasteiger partial charge in [0.2, 0.25) is 0 Å². The number of benzene rings is 1. The van der Waals surface area contributed by atoms with E-state index >= 15 is 0 Å². The number of nitrogens with zero attached hydrogens (tertiary/aromatic N) is 3. The smallest absolute Gasteiger partial charge is 0.386 e. The van der Waals surface area contributed by atoms with Crippen LogP contribution in [0.15, 0.2) is 53.7 Å². The minimum absolute atomic E-state index is 0.138. The lowest BCUT2D eigenvalue weighted by Gasteiger charge is -2.31. The molecule has 2 heterocycles. The number of likely N-dealkylation sites (tertiary alicyclic amines) is 1. The van der Waals surface area contributed by atoms with Crippen molar-refractivity contribution < 1.29 is 13.2 Å². The van der Waals surface area contributed by atoms with Gasteiger partial charge in [0.1, 0.15) is 5.84 Å². The lowest BCUT2D eigenvalue weighted by molar-refractivity contribution is -0.137. The van der Waals surface area contributed by atoms with Crippen molar-refractivity contribution in [3.05, 3.63) is 59.9 Å². The van der Waals surface area contributed by atoms with Crippen LogP contribution in [0.3, 0.4) is 0 Å². The van der Waals surface area contributed by atoms with Gasteiger partial charge in [0.25, 0.3) is 0 Å². The van der Waals surface area contributed by atoms with E-state index in [-0.39, 0.29) is 11.5 Å². The Bertz CT molecular complexity index is 751. The molecule has 138 valence electrons. The first-order valence-corrected chi connectivity index (χ1v) is 8.56. The third-order valence-corrected chi connectivity index (χ3v) is 4.55. The third-order valence-electron chi connectivity index (χ3n) is 4.55. The van der Waals surface area contributed by atoms with Crippen LogP contribution in [0.5, 0.6) is 0 Å². The topological polar surface area (TPSA) is 54.5 Å². The van der Waals surface area contributed by atoms with Crippen LogP contribution in [-0.4, -0.2) is 35.4 Å². The summed E-state index contributed by atoms with van der Waals surface area (Å²) in [6.45, 7) is 2.00. The molecule has 0 unspecified atom stereocenters. The van der Waals surface area contributed by atoms with Gasteiger partial charge in [-0.1, -0.05) is 18.2 Å². The highest BCUT2D eigenvalue weighted by molar-refractivity contribution is 5.85. The number of para-hydroxylation sites is 1. The predicted molar refractivity (Wildman–Crippen MR) is 95.4 cm³/mol.